The topological polar surface area (TPSA) is 24.9 Å². The standard InChI is InChI=1S/C16H21BrN2S/c1-4-7-14-15(10-18-11(2)3)20-16(19-14)12-8-5-6-9-13(12)17/h5-6,8-9,11,18H,4,7,10H2,1-3H3. The molecule has 1 heterocycles. The van der Waals surface area contributed by atoms with Gasteiger partial charge in [-0.2, -0.15) is 0 Å². The van der Waals surface area contributed by atoms with E-state index in [4.69, 9.17) is 4.98 Å². The highest BCUT2D eigenvalue weighted by molar-refractivity contribution is 9.10. The van der Waals surface area contributed by atoms with Crippen LogP contribution in [0, 0.1) is 0 Å². The number of aryl methyl sites for hydroxylation is 1. The number of aromatic nitrogens is 1. The molecule has 0 spiro atoms. The molecule has 1 aromatic heterocycles. The molecule has 0 aliphatic heterocycles. The van der Waals surface area contributed by atoms with Crippen molar-refractivity contribution >= 4 is 27.3 Å². The normalized spacial score (nSPS) is 11.2. The molecule has 2 rings (SSSR count). The highest BCUT2D eigenvalue weighted by Crippen LogP contribution is 2.33. The number of nitrogens with one attached hydrogen (secondary N) is 1. The van der Waals surface area contributed by atoms with Gasteiger partial charge in [0.25, 0.3) is 0 Å². The number of benzene rings is 1. The maximum atomic E-state index is 4.86. The first kappa shape index (κ1) is 15.7. The van der Waals surface area contributed by atoms with Gasteiger partial charge in [-0.15, -0.1) is 11.3 Å². The predicted molar refractivity (Wildman–Crippen MR) is 91.2 cm³/mol. The van der Waals surface area contributed by atoms with Gasteiger partial charge in [0.05, 0.1) is 5.69 Å². The quantitative estimate of drug-likeness (QED) is 0.788. The van der Waals surface area contributed by atoms with Crippen LogP contribution >= 0.6 is 27.3 Å². The highest BCUT2D eigenvalue weighted by Gasteiger charge is 2.13. The summed E-state index contributed by atoms with van der Waals surface area (Å²) in [5, 5.41) is 4.61. The minimum Gasteiger partial charge on any atom is -0.310 e. The van der Waals surface area contributed by atoms with E-state index in [1.54, 1.807) is 11.3 Å². The average molecular weight is 353 g/mol. The molecule has 2 nitrogen and oxygen atoms in total. The van der Waals surface area contributed by atoms with Crippen molar-refractivity contribution in [1.29, 1.82) is 0 Å². The van der Waals surface area contributed by atoms with Gasteiger partial charge >= 0.3 is 0 Å². The fraction of sp³-hybridized carbons (Fsp3) is 0.438. The Labute approximate surface area is 133 Å². The molecule has 0 unspecified atom stereocenters. The molecule has 0 radical (unpaired) electrons. The SMILES string of the molecule is CCCc1nc(-c2ccccc2Br)sc1CNC(C)C. The van der Waals surface area contributed by atoms with Crippen molar-refractivity contribution < 1.29 is 0 Å². The van der Waals surface area contributed by atoms with Crippen molar-refractivity contribution in [2.24, 2.45) is 0 Å². The van der Waals surface area contributed by atoms with Crippen LogP contribution in [0.3, 0.4) is 0 Å². The highest BCUT2D eigenvalue weighted by atomic mass is 79.9. The Balaban J connectivity index is 2.31. The number of hydrogen-bond donors (Lipinski definition) is 1. The van der Waals surface area contributed by atoms with Crippen LogP contribution in [0.5, 0.6) is 0 Å². The molecule has 0 aliphatic carbocycles. The van der Waals surface area contributed by atoms with E-state index >= 15 is 0 Å². The lowest BCUT2D eigenvalue weighted by Gasteiger charge is -2.07. The van der Waals surface area contributed by atoms with Crippen LogP contribution in [0.15, 0.2) is 28.7 Å². The maximum absolute atomic E-state index is 4.86. The van der Waals surface area contributed by atoms with Crippen LogP contribution in [-0.2, 0) is 13.0 Å². The molecule has 1 aromatic carbocycles. The Bertz CT molecular complexity index is 563. The van der Waals surface area contributed by atoms with E-state index in [0.717, 1.165) is 28.9 Å². The first-order chi connectivity index (χ1) is 9.61. The number of thiazole rings is 1. The number of halogens is 1. The second kappa shape index (κ2) is 7.34. The Morgan fingerprint density at radius 3 is 2.70 bits per heavy atom. The Hall–Kier alpha value is -0.710. The summed E-state index contributed by atoms with van der Waals surface area (Å²) in [6.45, 7) is 7.47. The third kappa shape index (κ3) is 3.90. The molecule has 20 heavy (non-hydrogen) atoms. The van der Waals surface area contributed by atoms with Crippen LogP contribution in [-0.4, -0.2) is 11.0 Å². The van der Waals surface area contributed by atoms with Crippen molar-refractivity contribution in [2.45, 2.75) is 46.2 Å². The molecule has 0 aliphatic rings. The van der Waals surface area contributed by atoms with Crippen molar-refractivity contribution in [1.82, 2.24) is 10.3 Å². The van der Waals surface area contributed by atoms with Gasteiger partial charge in [-0.3, -0.25) is 0 Å². The summed E-state index contributed by atoms with van der Waals surface area (Å²) >= 11 is 5.42. The van der Waals surface area contributed by atoms with E-state index in [2.05, 4.69) is 60.2 Å². The first-order valence-corrected chi connectivity index (χ1v) is 8.69. The molecular formula is C16H21BrN2S. The van der Waals surface area contributed by atoms with Gasteiger partial charge in [0.1, 0.15) is 5.01 Å². The minimum atomic E-state index is 0.499. The van der Waals surface area contributed by atoms with E-state index in [1.165, 1.54) is 16.1 Å². The summed E-state index contributed by atoms with van der Waals surface area (Å²) in [5.41, 5.74) is 2.43. The molecule has 0 atom stereocenters. The largest absolute Gasteiger partial charge is 0.310 e. The van der Waals surface area contributed by atoms with Crippen molar-refractivity contribution in [3.05, 3.63) is 39.3 Å². The fourth-order valence-corrected chi connectivity index (χ4v) is 3.70. The second-order valence-corrected chi connectivity index (χ2v) is 7.09. The first-order valence-electron chi connectivity index (χ1n) is 7.08. The van der Waals surface area contributed by atoms with Gasteiger partial charge in [-0.05, 0) is 12.5 Å². The summed E-state index contributed by atoms with van der Waals surface area (Å²) in [4.78, 5) is 6.22. The molecule has 1 N–H and O–H groups in total. The smallest absolute Gasteiger partial charge is 0.125 e. The van der Waals surface area contributed by atoms with Gasteiger partial charge < -0.3 is 5.32 Å². The van der Waals surface area contributed by atoms with E-state index in [9.17, 15) is 0 Å². The summed E-state index contributed by atoms with van der Waals surface area (Å²) in [6.07, 6.45) is 2.18. The molecule has 4 heteroatoms. The zero-order chi connectivity index (χ0) is 14.5. The Morgan fingerprint density at radius 2 is 2.05 bits per heavy atom. The van der Waals surface area contributed by atoms with Gasteiger partial charge in [-0.25, -0.2) is 4.98 Å². The van der Waals surface area contributed by atoms with Crippen molar-refractivity contribution in [3.8, 4) is 10.6 Å². The average Bonchev–Trinajstić information content (AvgIpc) is 2.80. The van der Waals surface area contributed by atoms with Crippen LogP contribution in [0.4, 0.5) is 0 Å². The van der Waals surface area contributed by atoms with Crippen LogP contribution in [0.1, 0.15) is 37.8 Å². The van der Waals surface area contributed by atoms with Gasteiger partial charge in [0.2, 0.25) is 0 Å². The van der Waals surface area contributed by atoms with Crippen LogP contribution in [0.25, 0.3) is 10.6 Å². The summed E-state index contributed by atoms with van der Waals surface area (Å²) in [7, 11) is 0. The predicted octanol–water partition coefficient (Wildman–Crippen LogP) is 5.02. The second-order valence-electron chi connectivity index (χ2n) is 5.15. The zero-order valence-electron chi connectivity index (χ0n) is 12.2. The van der Waals surface area contributed by atoms with E-state index < -0.39 is 0 Å². The van der Waals surface area contributed by atoms with Gasteiger partial charge in [0.15, 0.2) is 0 Å². The number of hydrogen-bond acceptors (Lipinski definition) is 3. The van der Waals surface area contributed by atoms with Crippen LogP contribution < -0.4 is 5.32 Å². The van der Waals surface area contributed by atoms with Crippen LogP contribution in [0.2, 0.25) is 0 Å². The zero-order valence-corrected chi connectivity index (χ0v) is 14.6. The summed E-state index contributed by atoms with van der Waals surface area (Å²) in [5.74, 6) is 0. The molecule has 0 bridgehead atoms. The third-order valence-corrected chi connectivity index (χ3v) is 4.86. The Morgan fingerprint density at radius 1 is 1.30 bits per heavy atom. The molecule has 0 saturated carbocycles. The third-order valence-electron chi connectivity index (χ3n) is 3.04. The van der Waals surface area contributed by atoms with Gasteiger partial charge in [-0.1, -0.05) is 61.3 Å². The van der Waals surface area contributed by atoms with E-state index in [0.29, 0.717) is 6.04 Å². The molecule has 2 aromatic rings. The van der Waals surface area contributed by atoms with Crippen molar-refractivity contribution in [2.75, 3.05) is 0 Å². The molecule has 0 fully saturated rings. The molecular weight excluding hydrogens is 332 g/mol. The maximum Gasteiger partial charge on any atom is 0.125 e. The monoisotopic (exact) mass is 352 g/mol. The summed E-state index contributed by atoms with van der Waals surface area (Å²) in [6, 6.07) is 8.79. The fourth-order valence-electron chi connectivity index (χ4n) is 2.00. The summed E-state index contributed by atoms with van der Waals surface area (Å²) < 4.78 is 1.11. The lowest BCUT2D eigenvalue weighted by molar-refractivity contribution is 0.589. The van der Waals surface area contributed by atoms with E-state index in [1.807, 2.05) is 6.07 Å². The molecule has 0 saturated heterocycles. The molecule has 0 amide bonds. The number of nitrogens with zero attached hydrogens (tertiary/aromatic N) is 1. The lowest BCUT2D eigenvalue weighted by Crippen LogP contribution is -2.21. The van der Waals surface area contributed by atoms with E-state index in [-0.39, 0.29) is 0 Å². The molecule has 108 valence electrons. The Kier molecular flexibility index (Phi) is 5.75. The van der Waals surface area contributed by atoms with Crippen molar-refractivity contribution in [3.63, 3.8) is 0 Å². The lowest BCUT2D eigenvalue weighted by atomic mass is 10.2. The van der Waals surface area contributed by atoms with Gasteiger partial charge in [0, 0.05) is 27.5 Å². The minimum absolute atomic E-state index is 0.499. The number of rotatable bonds is 6.